The highest BCUT2D eigenvalue weighted by molar-refractivity contribution is 8.01. The summed E-state index contributed by atoms with van der Waals surface area (Å²) in [5, 5.41) is 11.3. The van der Waals surface area contributed by atoms with E-state index in [4.69, 9.17) is 9.47 Å². The molecule has 1 heterocycles. The minimum Gasteiger partial charge on any atom is -0.387 e. The van der Waals surface area contributed by atoms with E-state index >= 15 is 0 Å². The molecule has 1 saturated heterocycles. The van der Waals surface area contributed by atoms with E-state index in [2.05, 4.69) is 111 Å². The van der Waals surface area contributed by atoms with Crippen LogP contribution in [-0.4, -0.2) is 54.8 Å². The van der Waals surface area contributed by atoms with Crippen molar-refractivity contribution in [2.45, 2.75) is 81.4 Å². The molecule has 7 heteroatoms. The fraction of sp³-hybridized carbons (Fsp3) is 0.441. The van der Waals surface area contributed by atoms with Crippen molar-refractivity contribution < 1.29 is 19.4 Å². The number of carbonyl (C=O) groups is 1. The minimum atomic E-state index is -2.34. The first-order chi connectivity index (χ1) is 19.4. The topological polar surface area (TPSA) is 59.0 Å². The molecule has 1 fully saturated rings. The number of thioether (sulfide) groups is 1. The Kier molecular flexibility index (Phi) is 9.56. The summed E-state index contributed by atoms with van der Waals surface area (Å²) in [7, 11) is -0.821. The lowest BCUT2D eigenvalue weighted by Crippen LogP contribution is -2.75. The highest BCUT2D eigenvalue weighted by atomic mass is 32.2. The molecule has 1 aliphatic rings. The van der Waals surface area contributed by atoms with Gasteiger partial charge in [0.25, 0.3) is 0 Å². The quantitative estimate of drug-likeness (QED) is 0.110. The lowest BCUT2D eigenvalue weighted by atomic mass is 9.84. The number of nitrogens with zero attached hydrogens (tertiary/aromatic N) is 1. The third kappa shape index (κ3) is 5.93. The van der Waals surface area contributed by atoms with Gasteiger partial charge in [-0.3, -0.25) is 4.79 Å². The van der Waals surface area contributed by atoms with Gasteiger partial charge in [-0.25, -0.2) is 0 Å². The van der Waals surface area contributed by atoms with E-state index in [1.54, 1.807) is 11.8 Å². The molecule has 1 N–H and O–H groups in total. The van der Waals surface area contributed by atoms with Gasteiger partial charge in [0.05, 0.1) is 22.1 Å². The third-order valence-corrected chi connectivity index (χ3v) is 16.0. The van der Waals surface area contributed by atoms with E-state index in [0.717, 1.165) is 16.7 Å². The Morgan fingerprint density at radius 1 is 0.829 bits per heavy atom. The van der Waals surface area contributed by atoms with Gasteiger partial charge in [-0.2, -0.15) is 0 Å². The summed E-state index contributed by atoms with van der Waals surface area (Å²) < 4.78 is 13.0. The average Bonchev–Trinajstić information content (AvgIpc) is 2.94. The van der Waals surface area contributed by atoms with Crippen LogP contribution in [0.3, 0.4) is 0 Å². The van der Waals surface area contributed by atoms with E-state index in [1.165, 1.54) is 7.11 Å². The summed E-state index contributed by atoms with van der Waals surface area (Å²) in [6.07, 6.45) is -2.19. The summed E-state index contributed by atoms with van der Waals surface area (Å²) in [5.74, 6) is -0.715. The highest BCUT2D eigenvalue weighted by Gasteiger charge is 2.62. The van der Waals surface area contributed by atoms with Crippen LogP contribution in [0.1, 0.15) is 51.3 Å². The molecule has 4 atom stereocenters. The van der Waals surface area contributed by atoms with E-state index in [0.29, 0.717) is 0 Å². The molecule has 0 radical (unpaired) electrons. The number of rotatable bonds is 11. The molecule has 0 spiro atoms. The molecule has 1 amide bonds. The fourth-order valence-corrected chi connectivity index (χ4v) is 10.5. The van der Waals surface area contributed by atoms with Gasteiger partial charge in [0.1, 0.15) is 6.10 Å². The molecule has 4 unspecified atom stereocenters. The Morgan fingerprint density at radius 3 is 1.59 bits per heavy atom. The molecule has 3 aromatic rings. The summed E-state index contributed by atoms with van der Waals surface area (Å²) in [5.41, 5.74) is 3.35. The monoisotopic (exact) mass is 591 g/mol. The Morgan fingerprint density at radius 2 is 1.24 bits per heavy atom. The van der Waals surface area contributed by atoms with Crippen molar-refractivity contribution in [1.29, 1.82) is 0 Å². The van der Waals surface area contributed by atoms with Gasteiger partial charge in [0.15, 0.2) is 14.5 Å². The van der Waals surface area contributed by atoms with Gasteiger partial charge in [-0.05, 0) is 35.6 Å². The molecule has 1 aliphatic heterocycles. The first-order valence-corrected chi connectivity index (χ1v) is 18.2. The number of aliphatic hydroxyl groups is 1. The van der Waals surface area contributed by atoms with Crippen molar-refractivity contribution in [2.24, 2.45) is 5.92 Å². The first-order valence-electron chi connectivity index (χ1n) is 14.4. The number of hydrogen-bond donors (Lipinski definition) is 1. The third-order valence-electron chi connectivity index (χ3n) is 8.65. The summed E-state index contributed by atoms with van der Waals surface area (Å²) in [6, 6.07) is 31.5. The SMILES string of the molecule is COC(OC(C)C)C(O)C1C(=O)N([Si](C)(C)C(C)(C)C)C1SC(c1ccccc1)(c1ccccc1)c1ccccc1. The van der Waals surface area contributed by atoms with Gasteiger partial charge in [0.2, 0.25) is 5.91 Å². The smallest absolute Gasteiger partial charge is 0.224 e. The maximum atomic E-state index is 14.2. The predicted molar refractivity (Wildman–Crippen MR) is 171 cm³/mol. The second-order valence-corrected chi connectivity index (χ2v) is 19.0. The molecule has 3 aromatic carbocycles. The molecule has 220 valence electrons. The predicted octanol–water partition coefficient (Wildman–Crippen LogP) is 7.26. The largest absolute Gasteiger partial charge is 0.387 e. The molecule has 0 aromatic heterocycles. The molecule has 4 rings (SSSR count). The van der Waals surface area contributed by atoms with Gasteiger partial charge >= 0.3 is 0 Å². The van der Waals surface area contributed by atoms with Crippen LogP contribution in [0, 0.1) is 5.92 Å². The second kappa shape index (κ2) is 12.4. The van der Waals surface area contributed by atoms with Crippen molar-refractivity contribution in [3.8, 4) is 0 Å². The number of β-lactam (4-membered cyclic amide) rings is 1. The number of benzene rings is 3. The van der Waals surface area contributed by atoms with Crippen LogP contribution >= 0.6 is 11.8 Å². The number of hydrogen-bond acceptors (Lipinski definition) is 5. The lowest BCUT2D eigenvalue weighted by Gasteiger charge is -2.60. The van der Waals surface area contributed by atoms with Gasteiger partial charge in [-0.15, -0.1) is 11.8 Å². The number of carbonyl (C=O) groups excluding carboxylic acids is 1. The van der Waals surface area contributed by atoms with Crippen LogP contribution in [0.15, 0.2) is 91.0 Å². The normalized spacial score (nSPS) is 19.7. The van der Waals surface area contributed by atoms with E-state index in [-0.39, 0.29) is 22.4 Å². The zero-order chi connectivity index (χ0) is 30.0. The van der Waals surface area contributed by atoms with Crippen LogP contribution < -0.4 is 0 Å². The summed E-state index contributed by atoms with van der Waals surface area (Å²) >= 11 is 1.74. The Balaban J connectivity index is 1.94. The Bertz CT molecular complexity index is 1180. The van der Waals surface area contributed by atoms with Crippen LogP contribution in [-0.2, 0) is 19.0 Å². The fourth-order valence-electron chi connectivity index (χ4n) is 5.50. The molecule has 5 nitrogen and oxygen atoms in total. The Labute approximate surface area is 251 Å². The summed E-state index contributed by atoms with van der Waals surface area (Å²) in [6.45, 7) is 15.0. The van der Waals surface area contributed by atoms with Gasteiger partial charge in [-0.1, -0.05) is 125 Å². The molecule has 0 aliphatic carbocycles. The van der Waals surface area contributed by atoms with E-state index in [1.807, 2.05) is 32.0 Å². The number of methoxy groups -OCH3 is 1. The Hall–Kier alpha value is -2.42. The van der Waals surface area contributed by atoms with Crippen molar-refractivity contribution >= 4 is 25.9 Å². The van der Waals surface area contributed by atoms with Crippen LogP contribution in [0.4, 0.5) is 0 Å². The molecule has 41 heavy (non-hydrogen) atoms. The summed E-state index contributed by atoms with van der Waals surface area (Å²) in [4.78, 5) is 14.2. The van der Waals surface area contributed by atoms with Crippen LogP contribution in [0.5, 0.6) is 0 Å². The molecule has 0 saturated carbocycles. The van der Waals surface area contributed by atoms with Crippen LogP contribution in [0.2, 0.25) is 18.1 Å². The highest BCUT2D eigenvalue weighted by Crippen LogP contribution is 2.57. The average molecular weight is 592 g/mol. The number of aliphatic hydroxyl groups excluding tert-OH is 1. The van der Waals surface area contributed by atoms with Gasteiger partial charge in [0, 0.05) is 7.11 Å². The standard InChI is InChI=1S/C34H45NO4SSi/c1-24(2)39-32(38-6)29(36)28-30(37)35(41(7,8)33(3,4)5)31(28)40-34(25-18-12-9-13-19-25,26-20-14-10-15-21-26)27-22-16-11-17-23-27/h9-24,28-29,31-32,36H,1-8H3. The molecular formula is C34H45NO4SSi. The molecular weight excluding hydrogens is 547 g/mol. The lowest BCUT2D eigenvalue weighted by molar-refractivity contribution is -0.219. The molecule has 0 bridgehead atoms. The zero-order valence-electron chi connectivity index (χ0n) is 25.6. The van der Waals surface area contributed by atoms with Crippen LogP contribution in [0.25, 0.3) is 0 Å². The first kappa shape index (κ1) is 31.5. The van der Waals surface area contributed by atoms with E-state index in [9.17, 15) is 9.90 Å². The zero-order valence-corrected chi connectivity index (χ0v) is 27.4. The minimum absolute atomic E-state index is 0.0286. The van der Waals surface area contributed by atoms with Gasteiger partial charge < -0.3 is 19.1 Å². The van der Waals surface area contributed by atoms with E-state index < -0.39 is 31.3 Å². The number of amides is 1. The van der Waals surface area contributed by atoms with Crippen molar-refractivity contribution in [1.82, 2.24) is 4.57 Å². The second-order valence-electron chi connectivity index (χ2n) is 12.6. The maximum absolute atomic E-state index is 14.2. The number of ether oxygens (including phenoxy) is 2. The maximum Gasteiger partial charge on any atom is 0.224 e. The van der Waals surface area contributed by atoms with Crippen molar-refractivity contribution in [2.75, 3.05) is 7.11 Å². The van der Waals surface area contributed by atoms with Crippen molar-refractivity contribution in [3.63, 3.8) is 0 Å². The van der Waals surface area contributed by atoms with Crippen molar-refractivity contribution in [3.05, 3.63) is 108 Å².